The highest BCUT2D eigenvalue weighted by atomic mass is 16.7. The highest BCUT2D eigenvalue weighted by Gasteiger charge is 2.44. The average Bonchev–Trinajstić information content (AvgIpc) is 3.56. The molecule has 0 saturated carbocycles. The zero-order valence-corrected chi connectivity index (χ0v) is 40.6. The van der Waals surface area contributed by atoms with Crippen LogP contribution in [0.3, 0.4) is 0 Å². The summed E-state index contributed by atoms with van der Waals surface area (Å²) in [5.41, 5.74) is -1.35. The van der Waals surface area contributed by atoms with Crippen molar-refractivity contribution < 1.29 is 53.4 Å². The van der Waals surface area contributed by atoms with Gasteiger partial charge in [0.15, 0.2) is 22.4 Å². The Morgan fingerprint density at radius 3 is 2.29 bits per heavy atom. The number of phenolic OH excluding ortho intramolecular Hbond substituents is 1. The number of rotatable bonds is 5. The van der Waals surface area contributed by atoms with E-state index >= 15 is 0 Å². The van der Waals surface area contributed by atoms with E-state index in [4.69, 9.17) is 28.3 Å². The molecule has 0 radical (unpaired) electrons. The van der Waals surface area contributed by atoms with Gasteiger partial charge in [0.2, 0.25) is 10.9 Å². The van der Waals surface area contributed by atoms with Crippen LogP contribution in [0.2, 0.25) is 0 Å². The summed E-state index contributed by atoms with van der Waals surface area (Å²) in [5, 5.41) is 49.3. The molecular weight excluding hydrogens is 877 g/mol. The van der Waals surface area contributed by atoms with Crippen molar-refractivity contribution in [1.82, 2.24) is 9.88 Å². The third-order valence-electron chi connectivity index (χ3n) is 13.8. The quantitative estimate of drug-likeness (QED) is 0.0966. The fourth-order valence-electron chi connectivity index (χ4n) is 9.76. The highest BCUT2D eigenvalue weighted by Crippen LogP contribution is 2.42. The summed E-state index contributed by atoms with van der Waals surface area (Å²) in [5.74, 6) is -6.43. The van der Waals surface area contributed by atoms with Crippen LogP contribution in [0.5, 0.6) is 11.5 Å². The van der Waals surface area contributed by atoms with E-state index in [2.05, 4.69) is 29.0 Å². The maximum Gasteiger partial charge on any atom is 0.307 e. The molecule has 4 heterocycles. The van der Waals surface area contributed by atoms with Crippen LogP contribution < -0.4 is 31.0 Å². The van der Waals surface area contributed by atoms with Gasteiger partial charge in [-0.15, -0.1) is 0 Å². The number of nitrogens with one attached hydrogen (secondary N) is 1. The number of phenols is 1. The summed E-state index contributed by atoms with van der Waals surface area (Å²) in [7, 11) is 1.45. The van der Waals surface area contributed by atoms with Crippen LogP contribution in [0.25, 0.3) is 38.7 Å². The number of aliphatic hydroxyl groups is 3. The molecule has 4 bridgehead atoms. The van der Waals surface area contributed by atoms with Gasteiger partial charge in [-0.25, -0.2) is 4.98 Å². The number of esters is 1. The maximum absolute atomic E-state index is 14.9. The molecule has 0 spiro atoms. The summed E-state index contributed by atoms with van der Waals surface area (Å²) < 4.78 is 30.5. The van der Waals surface area contributed by atoms with Crippen LogP contribution in [0.15, 0.2) is 62.3 Å². The van der Waals surface area contributed by atoms with Gasteiger partial charge in [0, 0.05) is 112 Å². The van der Waals surface area contributed by atoms with Gasteiger partial charge in [-0.1, -0.05) is 59.8 Å². The summed E-state index contributed by atoms with van der Waals surface area (Å²) in [6.07, 6.45) is 3.57. The standard InChI is InChI=1S/C51H64N4O13/c1-24(2)23-54-16-18-55(19-17-54)32-21-33(57)39-35(22-32)67-48-40(52-39)36-37-44(60)30(8)47-38(36)49(62)51(10,68-47)65-20-15-34(64-11)27(5)46(66-31(9)56)29(7)43(59)28(6)42(58)25(3)13-12-14-26(4)50(63)53-41(48)45(37)61/h12-15,20-22,24-25,27-29,34,42-43,46,58-60,62H,16-19,23H2,1-11H3,(H,53,63)/b13-12+,20-15+,26-14-/t25-,27-,28+,29-,34-,42-,43+,46+,51-/m0/s1. The van der Waals surface area contributed by atoms with Crippen molar-refractivity contribution in [3.05, 3.63) is 79.5 Å². The number of hydrogen-bond acceptors (Lipinski definition) is 16. The smallest absolute Gasteiger partial charge is 0.307 e. The number of anilines is 2. The van der Waals surface area contributed by atoms with E-state index in [0.717, 1.165) is 19.6 Å². The Hall–Kier alpha value is -6.01. The highest BCUT2D eigenvalue weighted by molar-refractivity contribution is 6.16. The number of benzene rings is 3. The lowest BCUT2D eigenvalue weighted by molar-refractivity contribution is -0.160. The Kier molecular flexibility index (Phi) is 14.3. The van der Waals surface area contributed by atoms with Crippen LogP contribution in [0.4, 0.5) is 11.4 Å². The van der Waals surface area contributed by atoms with E-state index in [0.29, 0.717) is 24.7 Å². The number of piperazine rings is 1. The van der Waals surface area contributed by atoms with Gasteiger partial charge in [0.25, 0.3) is 5.91 Å². The Balaban J connectivity index is 1.46. The zero-order valence-electron chi connectivity index (χ0n) is 40.6. The van der Waals surface area contributed by atoms with E-state index in [9.17, 15) is 39.6 Å². The normalized spacial score (nSPS) is 29.5. The molecule has 1 aromatic heterocycles. The van der Waals surface area contributed by atoms with E-state index in [1.165, 1.54) is 59.3 Å². The molecule has 4 aromatic rings. The Bertz CT molecular complexity index is 2900. The van der Waals surface area contributed by atoms with E-state index in [1.54, 1.807) is 45.9 Å². The van der Waals surface area contributed by atoms with Crippen molar-refractivity contribution in [2.24, 2.45) is 29.6 Å². The lowest BCUT2D eigenvalue weighted by Crippen LogP contribution is -2.47. The topological polar surface area (TPSA) is 231 Å². The number of nitrogens with zero attached hydrogens (tertiary/aromatic N) is 3. The number of methoxy groups -OCH3 is 1. The van der Waals surface area contributed by atoms with E-state index < -0.39 is 88.1 Å². The second-order valence-corrected chi connectivity index (χ2v) is 19.2. The predicted octanol–water partition coefficient (Wildman–Crippen LogP) is 5.34. The third-order valence-corrected chi connectivity index (χ3v) is 13.8. The summed E-state index contributed by atoms with van der Waals surface area (Å²) in [6.45, 7) is 20.8. The molecule has 1 amide bonds. The number of allylic oxidation sites excluding steroid dienone is 2. The second kappa shape index (κ2) is 19.5. The van der Waals surface area contributed by atoms with Gasteiger partial charge in [-0.2, -0.15) is 0 Å². The number of aromatic nitrogens is 1. The fraction of sp³-hybridized carbons (Fsp3) is 0.510. The first kappa shape index (κ1) is 49.9. The number of aromatic hydroxyl groups is 1. The van der Waals surface area contributed by atoms with Gasteiger partial charge < -0.3 is 54.0 Å². The summed E-state index contributed by atoms with van der Waals surface area (Å²) in [4.78, 5) is 64.7. The fourth-order valence-corrected chi connectivity index (χ4v) is 9.76. The Morgan fingerprint density at radius 1 is 0.956 bits per heavy atom. The molecule has 17 heteroatoms. The van der Waals surface area contributed by atoms with Gasteiger partial charge in [0.1, 0.15) is 28.8 Å². The molecule has 0 unspecified atom stereocenters. The molecule has 3 aliphatic rings. The van der Waals surface area contributed by atoms with Crippen LogP contribution in [0.1, 0.15) is 67.9 Å². The van der Waals surface area contributed by atoms with E-state index in [1.807, 2.05) is 0 Å². The number of hydrogen-bond donors (Lipinski definition) is 5. The predicted molar refractivity (Wildman–Crippen MR) is 259 cm³/mol. The summed E-state index contributed by atoms with van der Waals surface area (Å²) >= 11 is 0. The molecule has 17 nitrogen and oxygen atoms in total. The Labute approximate surface area is 394 Å². The number of carbonyl (C=O) groups excluding carboxylic acids is 2. The molecule has 9 atom stereocenters. The number of ether oxygens (including phenoxy) is 4. The number of amides is 1. The largest absolute Gasteiger partial charge is 0.507 e. The molecule has 1 fully saturated rings. The lowest BCUT2D eigenvalue weighted by atomic mass is 9.78. The van der Waals surface area contributed by atoms with Crippen molar-refractivity contribution in [1.29, 1.82) is 0 Å². The average molecular weight is 941 g/mol. The molecule has 5 N–H and O–H groups in total. The van der Waals surface area contributed by atoms with Crippen molar-refractivity contribution in [3.8, 4) is 11.5 Å². The van der Waals surface area contributed by atoms with Crippen LogP contribution in [-0.2, 0) is 23.8 Å². The molecule has 7 rings (SSSR count). The summed E-state index contributed by atoms with van der Waals surface area (Å²) in [6, 6.07) is 3.16. The van der Waals surface area contributed by atoms with Crippen molar-refractivity contribution in [2.45, 2.75) is 99.4 Å². The van der Waals surface area contributed by atoms with Gasteiger partial charge in [-0.05, 0) is 25.8 Å². The molecule has 366 valence electrons. The zero-order chi connectivity index (χ0) is 49.7. The number of aliphatic hydroxyl groups excluding tert-OH is 3. The number of carbonyl (C=O) groups is 2. The molecule has 1 saturated heterocycles. The minimum atomic E-state index is -1.98. The molecule has 3 aromatic carbocycles. The van der Waals surface area contributed by atoms with Crippen LogP contribution in [-0.4, -0.2) is 112 Å². The lowest BCUT2D eigenvalue weighted by Gasteiger charge is -2.38. The van der Waals surface area contributed by atoms with Crippen molar-refractivity contribution in [3.63, 3.8) is 0 Å². The Morgan fingerprint density at radius 2 is 1.65 bits per heavy atom. The van der Waals surface area contributed by atoms with E-state index in [-0.39, 0.29) is 60.8 Å². The third kappa shape index (κ3) is 9.28. The van der Waals surface area contributed by atoms with Gasteiger partial charge in [0.05, 0.1) is 35.2 Å². The van der Waals surface area contributed by atoms with Crippen molar-refractivity contribution >= 4 is 62.0 Å². The van der Waals surface area contributed by atoms with Crippen LogP contribution >= 0.6 is 0 Å². The molecule has 3 aliphatic heterocycles. The van der Waals surface area contributed by atoms with Crippen molar-refractivity contribution in [2.75, 3.05) is 50.1 Å². The molecule has 0 aliphatic carbocycles. The monoisotopic (exact) mass is 940 g/mol. The SMILES string of the molecule is CO[C@H]1/C=C/O[C@@]2(C)Oc3c(C)c(O)c4c(=O)c(c5oc6cc(N7CCN(CC(C)C)CC7)cc(=O)c6nc5c4c3=C2O)NC(=O)/C(C)=C\C=C\[C@H](C)[C@H](O)[C@@H](C)[C@@H](O)[C@H](C)[C@H](OC(C)=O)[C@H]1C. The number of fused-ring (bicyclic) bond motifs is 2. The molecule has 68 heavy (non-hydrogen) atoms. The van der Waals surface area contributed by atoms with Gasteiger partial charge in [-0.3, -0.25) is 24.1 Å². The van der Waals surface area contributed by atoms with Gasteiger partial charge >= 0.3 is 11.8 Å². The maximum atomic E-state index is 14.9. The minimum Gasteiger partial charge on any atom is -0.507 e. The first-order chi connectivity index (χ1) is 32.1. The first-order valence-corrected chi connectivity index (χ1v) is 23.2. The van der Waals surface area contributed by atoms with Crippen LogP contribution in [0, 0.1) is 36.5 Å². The minimum absolute atomic E-state index is 0.0390. The second-order valence-electron chi connectivity index (χ2n) is 19.2. The first-order valence-electron chi connectivity index (χ1n) is 23.2. The molecular formula is C51H64N4O13.